The normalized spacial score (nSPS) is 10.6. The molecule has 0 radical (unpaired) electrons. The quantitative estimate of drug-likeness (QED) is 0.732. The fourth-order valence-electron chi connectivity index (χ4n) is 2.77. The second-order valence-corrected chi connectivity index (χ2v) is 6.65. The molecule has 0 spiro atoms. The first-order chi connectivity index (χ1) is 12.5. The molecule has 0 fully saturated rings. The van der Waals surface area contributed by atoms with E-state index in [0.717, 1.165) is 11.1 Å². The average molecular weight is 353 g/mol. The van der Waals surface area contributed by atoms with Crippen LogP contribution in [0, 0.1) is 0 Å². The SMILES string of the molecule is CC(=O)N(CCC(=O)N(Cc1ccccc1)C(C)C)Cc1cccnc1. The van der Waals surface area contributed by atoms with Crippen molar-refractivity contribution in [3.8, 4) is 0 Å². The van der Waals surface area contributed by atoms with Crippen LogP contribution in [0.5, 0.6) is 0 Å². The largest absolute Gasteiger partial charge is 0.338 e. The van der Waals surface area contributed by atoms with Gasteiger partial charge in [0.05, 0.1) is 0 Å². The van der Waals surface area contributed by atoms with Crippen LogP contribution in [-0.4, -0.2) is 39.2 Å². The lowest BCUT2D eigenvalue weighted by molar-refractivity contribution is -0.135. The molecule has 2 rings (SSSR count). The Labute approximate surface area is 155 Å². The molecule has 5 heteroatoms. The van der Waals surface area contributed by atoms with Crippen LogP contribution >= 0.6 is 0 Å². The maximum Gasteiger partial charge on any atom is 0.224 e. The summed E-state index contributed by atoms with van der Waals surface area (Å²) in [5, 5.41) is 0. The Hall–Kier alpha value is -2.69. The van der Waals surface area contributed by atoms with Crippen molar-refractivity contribution in [3.63, 3.8) is 0 Å². The topological polar surface area (TPSA) is 53.5 Å². The van der Waals surface area contributed by atoms with Gasteiger partial charge in [0.25, 0.3) is 0 Å². The number of nitrogens with zero attached hydrogens (tertiary/aromatic N) is 3. The van der Waals surface area contributed by atoms with Crippen molar-refractivity contribution in [1.82, 2.24) is 14.8 Å². The lowest BCUT2D eigenvalue weighted by atomic mass is 10.1. The first kappa shape index (κ1) is 19.6. The molecule has 1 aromatic carbocycles. The molecular formula is C21H27N3O2. The van der Waals surface area contributed by atoms with E-state index in [0.29, 0.717) is 26.1 Å². The van der Waals surface area contributed by atoms with Crippen molar-refractivity contribution in [1.29, 1.82) is 0 Å². The molecule has 0 unspecified atom stereocenters. The molecule has 0 saturated heterocycles. The third-order valence-corrected chi connectivity index (χ3v) is 4.28. The first-order valence-corrected chi connectivity index (χ1v) is 8.95. The highest BCUT2D eigenvalue weighted by Gasteiger charge is 2.19. The fraction of sp³-hybridized carbons (Fsp3) is 0.381. The number of pyridine rings is 1. The Kier molecular flexibility index (Phi) is 7.33. The van der Waals surface area contributed by atoms with Crippen LogP contribution in [-0.2, 0) is 22.7 Å². The second-order valence-electron chi connectivity index (χ2n) is 6.65. The van der Waals surface area contributed by atoms with Crippen LogP contribution < -0.4 is 0 Å². The van der Waals surface area contributed by atoms with Gasteiger partial charge in [-0.15, -0.1) is 0 Å². The van der Waals surface area contributed by atoms with E-state index in [1.165, 1.54) is 6.92 Å². The van der Waals surface area contributed by atoms with Gasteiger partial charge in [-0.2, -0.15) is 0 Å². The van der Waals surface area contributed by atoms with Gasteiger partial charge >= 0.3 is 0 Å². The molecule has 1 heterocycles. The van der Waals surface area contributed by atoms with Crippen LogP contribution in [0.25, 0.3) is 0 Å². The van der Waals surface area contributed by atoms with E-state index in [1.807, 2.05) is 61.2 Å². The summed E-state index contributed by atoms with van der Waals surface area (Å²) in [7, 11) is 0. The molecule has 0 N–H and O–H groups in total. The minimum absolute atomic E-state index is 0.0409. The summed E-state index contributed by atoms with van der Waals surface area (Å²) in [5.41, 5.74) is 2.06. The van der Waals surface area contributed by atoms with Crippen molar-refractivity contribution in [2.75, 3.05) is 6.54 Å². The van der Waals surface area contributed by atoms with Gasteiger partial charge < -0.3 is 9.80 Å². The lowest BCUT2D eigenvalue weighted by Gasteiger charge is -2.28. The van der Waals surface area contributed by atoms with Crippen LogP contribution in [0.2, 0.25) is 0 Å². The Morgan fingerprint density at radius 3 is 2.27 bits per heavy atom. The molecular weight excluding hydrogens is 326 g/mol. The zero-order valence-electron chi connectivity index (χ0n) is 15.8. The lowest BCUT2D eigenvalue weighted by Crippen LogP contribution is -2.39. The van der Waals surface area contributed by atoms with Crippen molar-refractivity contribution in [2.24, 2.45) is 0 Å². The number of amides is 2. The van der Waals surface area contributed by atoms with Gasteiger partial charge in [0, 0.05) is 51.4 Å². The van der Waals surface area contributed by atoms with Crippen molar-refractivity contribution in [3.05, 3.63) is 66.0 Å². The zero-order valence-corrected chi connectivity index (χ0v) is 15.8. The number of rotatable bonds is 8. The van der Waals surface area contributed by atoms with Crippen molar-refractivity contribution >= 4 is 11.8 Å². The smallest absolute Gasteiger partial charge is 0.224 e. The monoisotopic (exact) mass is 353 g/mol. The summed E-state index contributed by atoms with van der Waals surface area (Å²) >= 11 is 0. The molecule has 5 nitrogen and oxygen atoms in total. The summed E-state index contributed by atoms with van der Waals surface area (Å²) < 4.78 is 0. The minimum atomic E-state index is -0.0409. The van der Waals surface area contributed by atoms with E-state index in [9.17, 15) is 9.59 Å². The summed E-state index contributed by atoms with van der Waals surface area (Å²) in [4.78, 5) is 32.3. The molecule has 1 aromatic heterocycles. The standard InChI is InChI=1S/C21H27N3O2/c1-17(2)24(16-19-8-5-4-6-9-19)21(26)11-13-23(18(3)25)15-20-10-7-12-22-14-20/h4-10,12,14,17H,11,13,15-16H2,1-3H3. The van der Waals surface area contributed by atoms with E-state index in [1.54, 1.807) is 17.3 Å². The summed E-state index contributed by atoms with van der Waals surface area (Å²) in [6.45, 7) is 7.02. The van der Waals surface area contributed by atoms with Gasteiger partial charge in [-0.05, 0) is 31.0 Å². The van der Waals surface area contributed by atoms with Crippen LogP contribution in [0.15, 0.2) is 54.9 Å². The highest BCUT2D eigenvalue weighted by atomic mass is 16.2. The highest BCUT2D eigenvalue weighted by Crippen LogP contribution is 2.11. The third-order valence-electron chi connectivity index (χ3n) is 4.28. The predicted octanol–water partition coefficient (Wildman–Crippen LogP) is 3.26. The Bertz CT molecular complexity index is 702. The van der Waals surface area contributed by atoms with Gasteiger partial charge in [0.1, 0.15) is 0 Å². The molecule has 0 aliphatic rings. The molecule has 2 aromatic rings. The third kappa shape index (κ3) is 5.99. The molecule has 0 saturated carbocycles. The van der Waals surface area contributed by atoms with Crippen LogP contribution in [0.4, 0.5) is 0 Å². The maximum absolute atomic E-state index is 12.7. The molecule has 0 atom stereocenters. The van der Waals surface area contributed by atoms with Crippen molar-refractivity contribution < 1.29 is 9.59 Å². The number of carbonyl (C=O) groups is 2. The van der Waals surface area contributed by atoms with Crippen molar-refractivity contribution in [2.45, 2.75) is 46.3 Å². The maximum atomic E-state index is 12.7. The summed E-state index contributed by atoms with van der Waals surface area (Å²) in [6.07, 6.45) is 3.76. The summed E-state index contributed by atoms with van der Waals surface area (Å²) in [6, 6.07) is 13.8. The van der Waals surface area contributed by atoms with Gasteiger partial charge in [-0.3, -0.25) is 14.6 Å². The van der Waals surface area contributed by atoms with Gasteiger partial charge in [-0.1, -0.05) is 36.4 Å². The number of hydrogen-bond acceptors (Lipinski definition) is 3. The van der Waals surface area contributed by atoms with Crippen LogP contribution in [0.1, 0.15) is 38.3 Å². The second kappa shape index (κ2) is 9.70. The van der Waals surface area contributed by atoms with E-state index in [2.05, 4.69) is 4.98 Å². The van der Waals surface area contributed by atoms with E-state index < -0.39 is 0 Å². The molecule has 0 aliphatic carbocycles. The van der Waals surface area contributed by atoms with Gasteiger partial charge in [0.2, 0.25) is 11.8 Å². The molecule has 2 amide bonds. The number of carbonyl (C=O) groups excluding carboxylic acids is 2. The Morgan fingerprint density at radius 1 is 1.00 bits per heavy atom. The molecule has 138 valence electrons. The number of hydrogen-bond donors (Lipinski definition) is 0. The minimum Gasteiger partial charge on any atom is -0.338 e. The highest BCUT2D eigenvalue weighted by molar-refractivity contribution is 5.78. The number of aromatic nitrogens is 1. The Balaban J connectivity index is 1.97. The van der Waals surface area contributed by atoms with Gasteiger partial charge in [0.15, 0.2) is 0 Å². The molecule has 0 aliphatic heterocycles. The summed E-state index contributed by atoms with van der Waals surface area (Å²) in [5.74, 6) is 0.0158. The zero-order chi connectivity index (χ0) is 18.9. The molecule has 0 bridgehead atoms. The Morgan fingerprint density at radius 2 is 1.69 bits per heavy atom. The van der Waals surface area contributed by atoms with Gasteiger partial charge in [-0.25, -0.2) is 0 Å². The van der Waals surface area contributed by atoms with Crippen LogP contribution in [0.3, 0.4) is 0 Å². The van der Waals surface area contributed by atoms with E-state index in [-0.39, 0.29) is 17.9 Å². The van der Waals surface area contributed by atoms with E-state index in [4.69, 9.17) is 0 Å². The van der Waals surface area contributed by atoms with E-state index >= 15 is 0 Å². The molecule has 26 heavy (non-hydrogen) atoms. The fourth-order valence-corrected chi connectivity index (χ4v) is 2.77. The average Bonchev–Trinajstić information content (AvgIpc) is 2.64. The number of benzene rings is 1. The first-order valence-electron chi connectivity index (χ1n) is 8.95. The predicted molar refractivity (Wildman–Crippen MR) is 102 cm³/mol.